The molecule has 0 amide bonds. The van der Waals surface area contributed by atoms with Crippen LogP contribution in [-0.2, 0) is 0 Å². The van der Waals surface area contributed by atoms with E-state index in [0.717, 1.165) is 35.7 Å². The summed E-state index contributed by atoms with van der Waals surface area (Å²) >= 11 is 0. The quantitative estimate of drug-likeness (QED) is 0.789. The van der Waals surface area contributed by atoms with Crippen LogP contribution >= 0.6 is 0 Å². The number of aryl methyl sites for hydroxylation is 1. The highest BCUT2D eigenvalue weighted by Crippen LogP contribution is 2.27. The number of fused-ring (bicyclic) bond motifs is 1. The van der Waals surface area contributed by atoms with Crippen molar-refractivity contribution in [3.05, 3.63) is 48.2 Å². The fourth-order valence-electron chi connectivity index (χ4n) is 3.08. The fraction of sp³-hybridized carbons (Fsp3) is 0.294. The number of aromatic nitrogens is 3. The molecule has 1 unspecified atom stereocenters. The molecule has 0 bridgehead atoms. The monoisotopic (exact) mass is 312 g/mol. The molecule has 1 aliphatic rings. The second-order valence-electron chi connectivity index (χ2n) is 5.94. The van der Waals surface area contributed by atoms with Crippen LogP contribution in [-0.4, -0.2) is 38.7 Å². The topological polar surface area (TPSA) is 53.7 Å². The molecule has 118 valence electrons. The lowest BCUT2D eigenvalue weighted by Gasteiger charge is -2.17. The van der Waals surface area contributed by atoms with Crippen molar-refractivity contribution in [3.8, 4) is 11.3 Å². The largest absolute Gasteiger partial charge is 0.391 e. The third-order valence-corrected chi connectivity index (χ3v) is 4.33. The van der Waals surface area contributed by atoms with Gasteiger partial charge in [-0.2, -0.15) is 0 Å². The maximum atomic E-state index is 13.5. The van der Waals surface area contributed by atoms with Gasteiger partial charge in [0.1, 0.15) is 5.82 Å². The van der Waals surface area contributed by atoms with Crippen LogP contribution in [0.25, 0.3) is 16.9 Å². The number of nitrogens with zero attached hydrogens (tertiary/aromatic N) is 4. The Labute approximate surface area is 133 Å². The summed E-state index contributed by atoms with van der Waals surface area (Å²) in [6, 6.07) is 5.05. The maximum absolute atomic E-state index is 13.5. The van der Waals surface area contributed by atoms with E-state index in [1.165, 1.54) is 6.07 Å². The van der Waals surface area contributed by atoms with Crippen LogP contribution in [0.15, 0.2) is 36.8 Å². The van der Waals surface area contributed by atoms with E-state index >= 15 is 0 Å². The van der Waals surface area contributed by atoms with E-state index in [4.69, 9.17) is 0 Å². The zero-order valence-corrected chi connectivity index (χ0v) is 12.8. The highest BCUT2D eigenvalue weighted by Gasteiger charge is 2.24. The van der Waals surface area contributed by atoms with E-state index in [0.29, 0.717) is 12.1 Å². The molecule has 23 heavy (non-hydrogen) atoms. The highest BCUT2D eigenvalue weighted by atomic mass is 19.1. The number of β-amino-alcohol motifs (C(OH)–C–C–N with tert-alkyl or cyclic N) is 1. The number of hydrogen-bond acceptors (Lipinski definition) is 4. The molecule has 5 nitrogen and oxygen atoms in total. The first-order valence-corrected chi connectivity index (χ1v) is 7.65. The van der Waals surface area contributed by atoms with Gasteiger partial charge in [-0.05, 0) is 37.1 Å². The molecule has 1 N–H and O–H groups in total. The molecule has 0 aliphatic carbocycles. The minimum Gasteiger partial charge on any atom is -0.391 e. The summed E-state index contributed by atoms with van der Waals surface area (Å²) in [4.78, 5) is 11.0. The van der Waals surface area contributed by atoms with Gasteiger partial charge in [0.25, 0.3) is 0 Å². The minimum absolute atomic E-state index is 0.212. The highest BCUT2D eigenvalue weighted by molar-refractivity contribution is 5.71. The molecule has 4 rings (SSSR count). The van der Waals surface area contributed by atoms with Gasteiger partial charge in [0.15, 0.2) is 11.5 Å². The molecule has 0 saturated carbocycles. The lowest BCUT2D eigenvalue weighted by Crippen LogP contribution is -2.23. The number of imidazole rings is 1. The van der Waals surface area contributed by atoms with Crippen LogP contribution in [0.4, 0.5) is 10.2 Å². The van der Waals surface area contributed by atoms with Gasteiger partial charge in [-0.3, -0.25) is 4.40 Å². The summed E-state index contributed by atoms with van der Waals surface area (Å²) in [5, 5.41) is 9.74. The Morgan fingerprint density at radius 2 is 2.17 bits per heavy atom. The molecule has 1 aliphatic heterocycles. The zero-order valence-electron chi connectivity index (χ0n) is 12.8. The number of halogens is 1. The molecule has 0 spiro atoms. The Morgan fingerprint density at radius 1 is 1.30 bits per heavy atom. The summed E-state index contributed by atoms with van der Waals surface area (Å²) in [5.41, 5.74) is 3.16. The van der Waals surface area contributed by atoms with Gasteiger partial charge in [-0.15, -0.1) is 0 Å². The molecule has 3 aromatic rings. The van der Waals surface area contributed by atoms with Crippen molar-refractivity contribution in [1.82, 2.24) is 14.4 Å². The number of aliphatic hydroxyl groups excluding tert-OH is 1. The second kappa shape index (κ2) is 5.31. The summed E-state index contributed by atoms with van der Waals surface area (Å²) in [5.74, 6) is 0.560. The molecule has 1 saturated heterocycles. The first kappa shape index (κ1) is 14.1. The molecule has 1 aromatic carbocycles. The van der Waals surface area contributed by atoms with Crippen molar-refractivity contribution < 1.29 is 9.50 Å². The van der Waals surface area contributed by atoms with Crippen molar-refractivity contribution in [1.29, 1.82) is 0 Å². The molecule has 3 heterocycles. The van der Waals surface area contributed by atoms with Gasteiger partial charge in [0, 0.05) is 31.0 Å². The van der Waals surface area contributed by atoms with Crippen molar-refractivity contribution >= 4 is 11.5 Å². The van der Waals surface area contributed by atoms with E-state index in [1.807, 2.05) is 21.6 Å². The van der Waals surface area contributed by atoms with Crippen LogP contribution in [0.3, 0.4) is 0 Å². The van der Waals surface area contributed by atoms with E-state index < -0.39 is 0 Å². The Morgan fingerprint density at radius 3 is 2.91 bits per heavy atom. The summed E-state index contributed by atoms with van der Waals surface area (Å²) < 4.78 is 15.5. The number of rotatable bonds is 2. The minimum atomic E-state index is -0.314. The van der Waals surface area contributed by atoms with Crippen LogP contribution in [0, 0.1) is 12.7 Å². The molecular weight excluding hydrogens is 295 g/mol. The zero-order chi connectivity index (χ0) is 16.0. The number of hydrogen-bond donors (Lipinski definition) is 1. The Kier molecular flexibility index (Phi) is 3.27. The average Bonchev–Trinajstić information content (AvgIpc) is 3.16. The standard InChI is InChI=1S/C17H17FN4O/c1-11-8-12(2-3-14(11)18)15-9-20-17-16(19-5-7-22(15)17)21-6-4-13(23)10-21/h2-3,5,7-9,13,23H,4,6,10H2,1H3. The van der Waals surface area contributed by atoms with Gasteiger partial charge in [0.05, 0.1) is 18.0 Å². The van der Waals surface area contributed by atoms with Gasteiger partial charge < -0.3 is 10.0 Å². The molecule has 1 atom stereocenters. The lowest BCUT2D eigenvalue weighted by atomic mass is 10.1. The molecular formula is C17H17FN4O. The second-order valence-corrected chi connectivity index (χ2v) is 5.94. The average molecular weight is 312 g/mol. The van der Waals surface area contributed by atoms with E-state index in [9.17, 15) is 9.50 Å². The van der Waals surface area contributed by atoms with Crippen LogP contribution in [0.2, 0.25) is 0 Å². The van der Waals surface area contributed by atoms with Gasteiger partial charge in [0.2, 0.25) is 0 Å². The SMILES string of the molecule is Cc1cc(-c2cnc3c(N4CCC(O)C4)nccn23)ccc1F. The van der Waals surface area contributed by atoms with Crippen molar-refractivity contribution in [2.24, 2.45) is 0 Å². The fourth-order valence-corrected chi connectivity index (χ4v) is 3.08. The normalized spacial score (nSPS) is 18.0. The third kappa shape index (κ3) is 2.35. The Hall–Kier alpha value is -2.47. The molecule has 2 aromatic heterocycles. The number of aliphatic hydroxyl groups is 1. The first-order valence-electron chi connectivity index (χ1n) is 7.65. The predicted molar refractivity (Wildman–Crippen MR) is 86.0 cm³/mol. The van der Waals surface area contributed by atoms with E-state index in [2.05, 4.69) is 9.97 Å². The van der Waals surface area contributed by atoms with Crippen molar-refractivity contribution in [2.75, 3.05) is 18.0 Å². The summed E-state index contributed by atoms with van der Waals surface area (Å²) in [6.07, 6.45) is 5.79. The van der Waals surface area contributed by atoms with Gasteiger partial charge >= 0.3 is 0 Å². The van der Waals surface area contributed by atoms with Crippen LogP contribution < -0.4 is 4.90 Å². The Balaban J connectivity index is 1.82. The number of anilines is 1. The van der Waals surface area contributed by atoms with E-state index in [-0.39, 0.29) is 11.9 Å². The number of benzene rings is 1. The van der Waals surface area contributed by atoms with Gasteiger partial charge in [-0.25, -0.2) is 14.4 Å². The summed E-state index contributed by atoms with van der Waals surface area (Å²) in [6.45, 7) is 3.09. The molecule has 0 radical (unpaired) electrons. The smallest absolute Gasteiger partial charge is 0.180 e. The van der Waals surface area contributed by atoms with Gasteiger partial charge in [-0.1, -0.05) is 0 Å². The van der Waals surface area contributed by atoms with Crippen LogP contribution in [0.1, 0.15) is 12.0 Å². The predicted octanol–water partition coefficient (Wildman–Crippen LogP) is 2.41. The molecule has 1 fully saturated rings. The lowest BCUT2D eigenvalue weighted by molar-refractivity contribution is 0.198. The van der Waals surface area contributed by atoms with Crippen molar-refractivity contribution in [3.63, 3.8) is 0 Å². The maximum Gasteiger partial charge on any atom is 0.180 e. The molecule has 6 heteroatoms. The third-order valence-electron chi connectivity index (χ3n) is 4.33. The first-order chi connectivity index (χ1) is 11.1. The summed E-state index contributed by atoms with van der Waals surface area (Å²) in [7, 11) is 0. The van der Waals surface area contributed by atoms with E-state index in [1.54, 1.807) is 25.4 Å². The Bertz CT molecular complexity index is 876. The van der Waals surface area contributed by atoms with Crippen molar-refractivity contribution in [2.45, 2.75) is 19.4 Å². The van der Waals surface area contributed by atoms with Crippen LogP contribution in [0.5, 0.6) is 0 Å².